The van der Waals surface area contributed by atoms with Crippen molar-refractivity contribution in [2.75, 3.05) is 17.2 Å². The summed E-state index contributed by atoms with van der Waals surface area (Å²) < 4.78 is 0.616. The Morgan fingerprint density at radius 2 is 2.03 bits per heavy atom. The molecule has 0 fully saturated rings. The summed E-state index contributed by atoms with van der Waals surface area (Å²) in [5, 5.41) is 22.1. The number of carbonyl (C=O) groups excluding carboxylic acids is 2. The topological polar surface area (TPSA) is 125 Å². The maximum atomic E-state index is 13.2. The number of aryl methyl sites for hydroxylation is 1. The highest BCUT2D eigenvalue weighted by atomic mass is 32.2. The van der Waals surface area contributed by atoms with Crippen LogP contribution in [0.25, 0.3) is 0 Å². The first-order valence-electron chi connectivity index (χ1n) is 12.3. The van der Waals surface area contributed by atoms with Gasteiger partial charge < -0.3 is 11.1 Å². The summed E-state index contributed by atoms with van der Waals surface area (Å²) in [5.74, 6) is -0.00479. The van der Waals surface area contributed by atoms with Gasteiger partial charge in [-0.1, -0.05) is 53.4 Å². The molecule has 1 unspecified atom stereocenters. The molecule has 0 spiro atoms. The summed E-state index contributed by atoms with van der Waals surface area (Å²) in [6, 6.07) is 16.2. The van der Waals surface area contributed by atoms with E-state index in [0.29, 0.717) is 46.4 Å². The molecule has 1 aliphatic carbocycles. The maximum absolute atomic E-state index is 13.2. The molecule has 0 saturated carbocycles. The number of amides is 1. The maximum Gasteiger partial charge on any atom is 0.230 e. The zero-order valence-corrected chi connectivity index (χ0v) is 23.2. The summed E-state index contributed by atoms with van der Waals surface area (Å²) in [6.45, 7) is 2.57. The molecule has 3 aromatic rings. The third-order valence-corrected chi connectivity index (χ3v) is 9.56. The molecule has 1 aliphatic heterocycles. The van der Waals surface area contributed by atoms with Crippen LogP contribution in [0.3, 0.4) is 0 Å². The Morgan fingerprint density at radius 3 is 2.76 bits per heavy atom. The van der Waals surface area contributed by atoms with Crippen LogP contribution in [0.1, 0.15) is 40.5 Å². The number of nitrogens with one attached hydrogen (secondary N) is 1. The molecule has 3 N–H and O–H groups in total. The number of hydrogen-bond donors (Lipinski definition) is 2. The lowest BCUT2D eigenvalue weighted by Crippen LogP contribution is -2.38. The molecule has 0 saturated heterocycles. The van der Waals surface area contributed by atoms with Crippen molar-refractivity contribution < 1.29 is 9.59 Å². The Kier molecular flexibility index (Phi) is 7.93. The van der Waals surface area contributed by atoms with E-state index in [2.05, 4.69) is 21.6 Å². The highest BCUT2D eigenvalue weighted by molar-refractivity contribution is 8.01. The molecule has 194 valence electrons. The molecular formula is C27H26N6O2S3. The van der Waals surface area contributed by atoms with Crippen LogP contribution in [0, 0.1) is 18.3 Å². The number of Topliss-reactive ketones (excluding diaryl/α,β-unsaturated/α-hetero) is 1. The van der Waals surface area contributed by atoms with Crippen LogP contribution in [-0.4, -0.2) is 34.2 Å². The fraction of sp³-hybridized carbons (Fsp3) is 0.296. The molecule has 1 atom stereocenters. The number of carbonyl (C=O) groups is 2. The van der Waals surface area contributed by atoms with Gasteiger partial charge in [0.1, 0.15) is 5.82 Å². The lowest BCUT2D eigenvalue weighted by molar-refractivity contribution is -0.118. The average molecular weight is 563 g/mol. The van der Waals surface area contributed by atoms with E-state index in [1.807, 2.05) is 49.4 Å². The lowest BCUT2D eigenvalue weighted by atomic mass is 9.78. The van der Waals surface area contributed by atoms with Crippen molar-refractivity contribution in [3.05, 3.63) is 80.4 Å². The average Bonchev–Trinajstić information content (AvgIpc) is 3.56. The molecule has 1 aromatic carbocycles. The smallest absolute Gasteiger partial charge is 0.230 e. The SMILES string of the molecule is Cc1ccc(C2C(C#N)=C(N)N(c3nnc(SCC(=O)NCCc4ccccc4)s3)C3=C2C(=O)CCC3)s1. The summed E-state index contributed by atoms with van der Waals surface area (Å²) in [7, 11) is 0. The van der Waals surface area contributed by atoms with Gasteiger partial charge in [-0.15, -0.1) is 21.5 Å². The Bertz CT molecular complexity index is 1470. The number of benzene rings is 1. The number of anilines is 1. The fourth-order valence-corrected chi connectivity index (χ4v) is 7.43. The first-order chi connectivity index (χ1) is 18.5. The first kappa shape index (κ1) is 26.2. The Labute approximate surface area is 233 Å². The summed E-state index contributed by atoms with van der Waals surface area (Å²) in [5.41, 5.74) is 9.54. The predicted octanol–water partition coefficient (Wildman–Crippen LogP) is 4.66. The van der Waals surface area contributed by atoms with Crippen LogP contribution in [0.4, 0.5) is 5.13 Å². The first-order valence-corrected chi connectivity index (χ1v) is 14.9. The van der Waals surface area contributed by atoms with E-state index < -0.39 is 5.92 Å². The molecule has 5 rings (SSSR count). The van der Waals surface area contributed by atoms with Gasteiger partial charge in [0.25, 0.3) is 0 Å². The normalized spacial score (nSPS) is 17.4. The summed E-state index contributed by atoms with van der Waals surface area (Å²) in [6.07, 6.45) is 2.59. The predicted molar refractivity (Wildman–Crippen MR) is 151 cm³/mol. The molecule has 8 nitrogen and oxygen atoms in total. The third-order valence-electron chi connectivity index (χ3n) is 6.45. The molecule has 0 bridgehead atoms. The second kappa shape index (κ2) is 11.5. The van der Waals surface area contributed by atoms with Gasteiger partial charge in [-0.3, -0.25) is 14.5 Å². The van der Waals surface area contributed by atoms with Gasteiger partial charge in [-0.25, -0.2) is 0 Å². The number of aromatic nitrogens is 2. The van der Waals surface area contributed by atoms with Crippen LogP contribution >= 0.6 is 34.4 Å². The molecular weight excluding hydrogens is 537 g/mol. The largest absolute Gasteiger partial charge is 0.384 e. The number of nitrogens with two attached hydrogens (primary N) is 1. The van der Waals surface area contributed by atoms with E-state index in [1.165, 1.54) is 28.7 Å². The minimum atomic E-state index is -0.459. The number of ketones is 1. The lowest BCUT2D eigenvalue weighted by Gasteiger charge is -2.37. The van der Waals surface area contributed by atoms with E-state index >= 15 is 0 Å². The minimum Gasteiger partial charge on any atom is -0.384 e. The van der Waals surface area contributed by atoms with Gasteiger partial charge in [-0.2, -0.15) is 5.26 Å². The standard InChI is InChI=1S/C27H26N6O2S3/c1-16-10-11-21(37-16)23-18(14-28)25(29)33(19-8-5-9-20(34)24(19)23)26-31-32-27(38-26)36-15-22(35)30-13-12-17-6-3-2-4-7-17/h2-4,6-7,10-11,23H,5,8-9,12-13,15,29H2,1H3,(H,30,35). The minimum absolute atomic E-state index is 0.0406. The Balaban J connectivity index is 1.33. The molecule has 2 aromatic heterocycles. The second-order valence-electron chi connectivity index (χ2n) is 8.99. The van der Waals surface area contributed by atoms with Crippen LogP contribution in [0.5, 0.6) is 0 Å². The van der Waals surface area contributed by atoms with Crippen molar-refractivity contribution in [1.82, 2.24) is 15.5 Å². The van der Waals surface area contributed by atoms with Crippen LogP contribution in [0.2, 0.25) is 0 Å². The van der Waals surface area contributed by atoms with Crippen molar-refractivity contribution in [1.29, 1.82) is 5.26 Å². The van der Waals surface area contributed by atoms with E-state index in [-0.39, 0.29) is 23.3 Å². The summed E-state index contributed by atoms with van der Waals surface area (Å²) in [4.78, 5) is 29.3. The number of thiophene rings is 1. The Hall–Kier alpha value is -3.46. The molecule has 0 radical (unpaired) electrons. The molecule has 38 heavy (non-hydrogen) atoms. The van der Waals surface area contributed by atoms with Gasteiger partial charge in [0.15, 0.2) is 10.1 Å². The molecule has 11 heteroatoms. The van der Waals surface area contributed by atoms with Gasteiger partial charge >= 0.3 is 0 Å². The van der Waals surface area contributed by atoms with E-state index in [0.717, 1.165) is 21.9 Å². The van der Waals surface area contributed by atoms with Gasteiger partial charge in [0.2, 0.25) is 11.0 Å². The van der Waals surface area contributed by atoms with Gasteiger partial charge in [0.05, 0.1) is 23.3 Å². The van der Waals surface area contributed by atoms with E-state index in [1.54, 1.807) is 16.2 Å². The number of nitrogens with zero attached hydrogens (tertiary/aromatic N) is 4. The molecule has 2 aliphatic rings. The number of rotatable bonds is 8. The quantitative estimate of drug-likeness (QED) is 0.380. The highest BCUT2D eigenvalue weighted by Gasteiger charge is 2.41. The molecule has 1 amide bonds. The van der Waals surface area contributed by atoms with E-state index in [9.17, 15) is 14.9 Å². The number of thioether (sulfide) groups is 1. The number of hydrogen-bond acceptors (Lipinski definition) is 10. The van der Waals surface area contributed by atoms with E-state index in [4.69, 9.17) is 5.73 Å². The second-order valence-corrected chi connectivity index (χ2v) is 12.5. The molecule has 3 heterocycles. The zero-order valence-electron chi connectivity index (χ0n) is 20.8. The van der Waals surface area contributed by atoms with Crippen LogP contribution in [0.15, 0.2) is 69.5 Å². The van der Waals surface area contributed by atoms with Crippen LogP contribution in [-0.2, 0) is 16.0 Å². The monoisotopic (exact) mass is 562 g/mol. The summed E-state index contributed by atoms with van der Waals surface area (Å²) >= 11 is 4.17. The van der Waals surface area contributed by atoms with Gasteiger partial charge in [0, 0.05) is 34.0 Å². The fourth-order valence-electron chi connectivity index (χ4n) is 4.72. The Morgan fingerprint density at radius 1 is 1.21 bits per heavy atom. The number of nitriles is 1. The van der Waals surface area contributed by atoms with Crippen molar-refractivity contribution in [2.24, 2.45) is 5.73 Å². The highest BCUT2D eigenvalue weighted by Crippen LogP contribution is 2.48. The van der Waals surface area contributed by atoms with Crippen molar-refractivity contribution in [3.8, 4) is 6.07 Å². The van der Waals surface area contributed by atoms with Crippen LogP contribution < -0.4 is 16.0 Å². The third kappa shape index (κ3) is 5.38. The van der Waals surface area contributed by atoms with Gasteiger partial charge in [-0.05, 0) is 43.9 Å². The number of allylic oxidation sites excluding steroid dienone is 3. The zero-order chi connectivity index (χ0) is 26.6. The van der Waals surface area contributed by atoms with Crippen molar-refractivity contribution >= 4 is 51.3 Å². The van der Waals surface area contributed by atoms with Crippen molar-refractivity contribution in [3.63, 3.8) is 0 Å². The van der Waals surface area contributed by atoms with Crippen molar-refractivity contribution in [2.45, 2.75) is 42.9 Å².